The summed E-state index contributed by atoms with van der Waals surface area (Å²) in [7, 11) is 17.9. The summed E-state index contributed by atoms with van der Waals surface area (Å²) in [6.07, 6.45) is 0.220. The summed E-state index contributed by atoms with van der Waals surface area (Å²) in [6.45, 7) is 2.48. The van der Waals surface area contributed by atoms with Gasteiger partial charge >= 0.3 is 29.8 Å². The van der Waals surface area contributed by atoms with Gasteiger partial charge in [0, 0.05) is 65.8 Å². The van der Waals surface area contributed by atoms with E-state index in [1.807, 2.05) is 105 Å². The zero-order valence-corrected chi connectivity index (χ0v) is 45.9. The third-order valence-corrected chi connectivity index (χ3v) is 20.7. The largest absolute Gasteiger partial charge is 0.461 e. The molecule has 0 aromatic heterocycles. The second kappa shape index (κ2) is 30.3. The van der Waals surface area contributed by atoms with Crippen LogP contribution in [0.5, 0.6) is 0 Å². The zero-order chi connectivity index (χ0) is 50.3. The van der Waals surface area contributed by atoms with Crippen LogP contribution in [0.1, 0.15) is 57.4 Å². The molecule has 4 aliphatic rings. The second-order valence-corrected chi connectivity index (χ2v) is 26.5. The van der Waals surface area contributed by atoms with Gasteiger partial charge in [0.15, 0.2) is 0 Å². The number of esters is 5. The van der Waals surface area contributed by atoms with E-state index in [0.717, 1.165) is 57.3 Å². The lowest BCUT2D eigenvalue weighted by molar-refractivity contribution is 0.00933. The van der Waals surface area contributed by atoms with Gasteiger partial charge in [-0.05, 0) is 79.7 Å². The molecule has 4 fully saturated rings. The number of hydrogen-bond acceptors (Lipinski definition) is 19. The lowest BCUT2D eigenvalue weighted by Crippen LogP contribution is -2.36. The summed E-state index contributed by atoms with van der Waals surface area (Å²) in [4.78, 5) is 61.4. The van der Waals surface area contributed by atoms with Crippen molar-refractivity contribution >= 4 is 122 Å². The molecule has 0 atom stereocenters. The summed E-state index contributed by atoms with van der Waals surface area (Å²) < 4.78 is 27.1. The van der Waals surface area contributed by atoms with Gasteiger partial charge in [0.1, 0.15) is 31.5 Å². The van der Waals surface area contributed by atoms with E-state index in [9.17, 15) is 24.0 Å². The van der Waals surface area contributed by atoms with Crippen molar-refractivity contribution in [1.82, 2.24) is 0 Å². The van der Waals surface area contributed by atoms with Gasteiger partial charge in [-0.15, -0.1) is 0 Å². The van der Waals surface area contributed by atoms with Crippen molar-refractivity contribution in [2.24, 2.45) is 5.41 Å². The zero-order valence-electron chi connectivity index (χ0n) is 39.4. The van der Waals surface area contributed by atoms with E-state index in [1.165, 1.54) is 0 Å². The summed E-state index contributed by atoms with van der Waals surface area (Å²) >= 11 is 0. The number of benzene rings is 5. The molecule has 0 bridgehead atoms. The molecule has 4 heterocycles. The third kappa shape index (κ3) is 19.4. The Kier molecular flexibility index (Phi) is 24.0. The number of anilines is 1. The maximum atomic E-state index is 12.2. The van der Waals surface area contributed by atoms with E-state index in [1.54, 1.807) is 147 Å². The first-order valence-electron chi connectivity index (χ1n) is 22.4. The summed E-state index contributed by atoms with van der Waals surface area (Å²) in [6, 6.07) is 41.9. The Morgan fingerprint density at radius 2 is 0.718 bits per heavy atom. The summed E-state index contributed by atoms with van der Waals surface area (Å²) in [5.41, 5.74) is 4.83. The van der Waals surface area contributed by atoms with E-state index in [4.69, 9.17) is 23.7 Å². The van der Waals surface area contributed by atoms with E-state index in [-0.39, 0.29) is 66.8 Å². The average molecular weight is 1110 g/mol. The smallest absolute Gasteiger partial charge is 0.338 e. The van der Waals surface area contributed by atoms with Crippen LogP contribution in [0.25, 0.3) is 0 Å². The molecule has 19 heteroatoms. The van der Waals surface area contributed by atoms with Gasteiger partial charge in [-0.2, -0.15) is 0 Å². The Morgan fingerprint density at radius 1 is 0.423 bits per heavy atom. The number of carbonyl (C=O) groups excluding carboxylic acids is 5. The fraction of sp³-hybridized carbons (Fsp3) is 0.327. The monoisotopic (exact) mass is 1110 g/mol. The molecule has 0 radical (unpaired) electrons. The van der Waals surface area contributed by atoms with Crippen LogP contribution >= 0.6 is 86.4 Å². The summed E-state index contributed by atoms with van der Waals surface area (Å²) in [5.74, 6) is 5.64. The quantitative estimate of drug-likeness (QED) is 0.0628. The van der Waals surface area contributed by atoms with Gasteiger partial charge in [-0.25, -0.2) is 24.0 Å². The molecule has 5 aromatic rings. The minimum absolute atomic E-state index is 0.0611. The van der Waals surface area contributed by atoms with E-state index >= 15 is 0 Å². The molecule has 9 rings (SSSR count). The molecule has 4 aliphatic heterocycles. The van der Waals surface area contributed by atoms with Crippen LogP contribution in [-0.4, -0.2) is 121 Å². The van der Waals surface area contributed by atoms with Gasteiger partial charge in [0.05, 0.1) is 33.2 Å². The molecule has 376 valence electrons. The van der Waals surface area contributed by atoms with Crippen molar-refractivity contribution in [1.29, 1.82) is 0 Å². The van der Waals surface area contributed by atoms with Crippen molar-refractivity contribution in [3.63, 3.8) is 0 Å². The molecule has 11 nitrogen and oxygen atoms in total. The van der Waals surface area contributed by atoms with Gasteiger partial charge in [-0.3, -0.25) is 0 Å². The molecule has 4 saturated heterocycles. The second-order valence-electron chi connectivity index (χ2n) is 16.4. The molecule has 0 saturated carbocycles. The molecule has 0 N–H and O–H groups in total. The van der Waals surface area contributed by atoms with Gasteiger partial charge in [-0.1, -0.05) is 159 Å². The molecule has 0 unspecified atom stereocenters. The Morgan fingerprint density at radius 3 is 1.04 bits per heavy atom. The average Bonchev–Trinajstić information content (AvgIpc) is 4.28. The van der Waals surface area contributed by atoms with Crippen molar-refractivity contribution in [3.8, 4) is 0 Å². The topological polar surface area (TPSA) is 135 Å². The number of carbonyl (C=O) groups is 5. The first kappa shape index (κ1) is 56.3. The van der Waals surface area contributed by atoms with E-state index < -0.39 is 0 Å². The Labute approximate surface area is 447 Å². The predicted molar refractivity (Wildman–Crippen MR) is 302 cm³/mol. The maximum absolute atomic E-state index is 12.2. The van der Waals surface area contributed by atoms with Crippen molar-refractivity contribution in [2.45, 2.75) is 25.2 Å². The van der Waals surface area contributed by atoms with Crippen LogP contribution in [-0.2, 0) is 23.7 Å². The minimum Gasteiger partial charge on any atom is -0.461 e. The lowest BCUT2D eigenvalue weighted by Gasteiger charge is -2.26. The molecule has 0 amide bonds. The number of rotatable bonds is 13. The number of aryl methyl sites for hydroxylation is 1. The van der Waals surface area contributed by atoms with Crippen LogP contribution in [0.3, 0.4) is 0 Å². The van der Waals surface area contributed by atoms with Crippen LogP contribution in [0.2, 0.25) is 0 Å². The highest BCUT2D eigenvalue weighted by Gasteiger charge is 2.39. The van der Waals surface area contributed by atoms with E-state index in [2.05, 4.69) is 0 Å². The first-order valence-corrected chi connectivity index (χ1v) is 32.4. The summed E-state index contributed by atoms with van der Waals surface area (Å²) in [5, 5.41) is 0. The van der Waals surface area contributed by atoms with Gasteiger partial charge < -0.3 is 28.6 Å². The van der Waals surface area contributed by atoms with Crippen molar-refractivity contribution in [3.05, 3.63) is 173 Å². The van der Waals surface area contributed by atoms with E-state index in [0.29, 0.717) is 27.8 Å². The molecule has 0 aliphatic carbocycles. The Bertz CT molecular complexity index is 2360. The molecule has 0 spiro atoms. The molecular formula is C52H55NO10S8. The van der Waals surface area contributed by atoms with Crippen LogP contribution in [0.4, 0.5) is 5.69 Å². The standard InChI is InChI=1S/C19H18O4S2.C12H15NO2S2.C11H12O2S2.C10H10O2S2/c20-17(15-7-3-1-4-8-15)22-11-19(13-24-25-14-19)12-23-18(21)16-9-5-2-6-10-16;1-13(2)10-5-3-9(4-6-10)12(14)15-11-7-16-17-8-11;1-8-2-4-9(5-3-8)11(12)13-10-6-14-15-7-10;11-10(8-4-2-1-3-5-8)12-9-6-13-14-7-9/h1-10H,11-14H2;3-6,11H,7-8H2,1-2H3;2-5,10H,6-7H2,1H3;1-5,9H,6-7H2. The Balaban J connectivity index is 0.000000160. The van der Waals surface area contributed by atoms with Crippen molar-refractivity contribution in [2.75, 3.05) is 78.2 Å². The van der Waals surface area contributed by atoms with Crippen LogP contribution < -0.4 is 4.90 Å². The molecule has 71 heavy (non-hydrogen) atoms. The SMILES string of the molecule is CN(C)c1ccc(C(=O)OC2CSSC2)cc1.Cc1ccc(C(=O)OC2CSSC2)cc1.O=C(OC1CSSC1)c1ccccc1.O=C(OCC1(COC(=O)c2ccccc2)CSSC1)c1ccccc1. The molecule has 5 aromatic carbocycles. The van der Waals surface area contributed by atoms with Crippen LogP contribution in [0, 0.1) is 12.3 Å². The molecular weight excluding hydrogens is 1060 g/mol. The highest BCUT2D eigenvalue weighted by Crippen LogP contribution is 2.44. The van der Waals surface area contributed by atoms with Gasteiger partial charge in [0.2, 0.25) is 0 Å². The normalized spacial score (nSPS) is 16.1. The first-order chi connectivity index (χ1) is 34.5. The third-order valence-electron chi connectivity index (χ3n) is 10.4. The number of hydrogen-bond donors (Lipinski definition) is 0. The van der Waals surface area contributed by atoms with Crippen LogP contribution in [0.15, 0.2) is 140 Å². The predicted octanol–water partition coefficient (Wildman–Crippen LogP) is 12.3. The van der Waals surface area contributed by atoms with Crippen molar-refractivity contribution < 1.29 is 47.7 Å². The minimum atomic E-state index is -0.351. The maximum Gasteiger partial charge on any atom is 0.338 e. The number of nitrogens with zero attached hydrogens (tertiary/aromatic N) is 1. The Hall–Kier alpha value is -3.95. The fourth-order valence-corrected chi connectivity index (χ4v) is 17.1. The lowest BCUT2D eigenvalue weighted by atomic mass is 9.95. The van der Waals surface area contributed by atoms with Gasteiger partial charge in [0.25, 0.3) is 0 Å². The number of ether oxygens (including phenoxy) is 5. The fourth-order valence-electron chi connectivity index (χ4n) is 6.25. The highest BCUT2D eigenvalue weighted by atomic mass is 33.1. The highest BCUT2D eigenvalue weighted by molar-refractivity contribution is 8.78.